The Hall–Kier alpha value is -4.53. The Bertz CT molecular complexity index is 1140. The van der Waals surface area contributed by atoms with Crippen molar-refractivity contribution in [2.75, 3.05) is 24.4 Å². The van der Waals surface area contributed by atoms with Crippen LogP contribution in [-0.4, -0.2) is 40.1 Å². The van der Waals surface area contributed by atoms with E-state index in [1.165, 1.54) is 20.5 Å². The van der Waals surface area contributed by atoms with Crippen LogP contribution < -0.4 is 19.7 Å². The molecular weight excluding hydrogens is 408 g/mol. The molecule has 9 heteroatoms. The number of anilines is 4. The highest BCUT2D eigenvalue weighted by Crippen LogP contribution is 2.31. The van der Waals surface area contributed by atoms with Crippen LogP contribution in [0.3, 0.4) is 0 Å². The van der Waals surface area contributed by atoms with Crippen molar-refractivity contribution in [2.24, 2.45) is 0 Å². The molecule has 1 N–H and O–H groups in total. The molecule has 32 heavy (non-hydrogen) atoms. The van der Waals surface area contributed by atoms with Gasteiger partial charge in [-0.2, -0.15) is 0 Å². The van der Waals surface area contributed by atoms with Crippen LogP contribution in [0.2, 0.25) is 0 Å². The van der Waals surface area contributed by atoms with E-state index in [-0.39, 0.29) is 5.91 Å². The number of ether oxygens (including phenoxy) is 2. The van der Waals surface area contributed by atoms with E-state index in [1.54, 1.807) is 59.9 Å². The Kier molecular flexibility index (Phi) is 6.17. The molecule has 0 fully saturated rings. The van der Waals surface area contributed by atoms with Crippen LogP contribution in [0.1, 0.15) is 10.4 Å². The Labute approximate surface area is 184 Å². The molecule has 0 aliphatic rings. The first kappa shape index (κ1) is 20.7. The van der Waals surface area contributed by atoms with E-state index in [0.717, 1.165) is 5.69 Å². The molecule has 1 amide bonds. The number of nitrogens with zero attached hydrogens (tertiary/aromatic N) is 5. The van der Waals surface area contributed by atoms with Gasteiger partial charge in [0.15, 0.2) is 0 Å². The molecule has 9 nitrogen and oxygen atoms in total. The molecule has 4 rings (SSSR count). The maximum Gasteiger partial charge on any atom is 0.255 e. The van der Waals surface area contributed by atoms with E-state index in [9.17, 15) is 4.79 Å². The lowest BCUT2D eigenvalue weighted by Crippen LogP contribution is -2.16. The third kappa shape index (κ3) is 4.62. The van der Waals surface area contributed by atoms with Crippen LogP contribution >= 0.6 is 0 Å². The monoisotopic (exact) mass is 428 g/mol. The fourth-order valence-corrected chi connectivity index (χ4v) is 3.04. The normalized spacial score (nSPS) is 10.3. The molecule has 2 aromatic carbocycles. The van der Waals surface area contributed by atoms with Crippen molar-refractivity contribution < 1.29 is 14.3 Å². The zero-order valence-electron chi connectivity index (χ0n) is 17.5. The average Bonchev–Trinajstić information content (AvgIpc) is 2.85. The predicted octanol–water partition coefficient (Wildman–Crippen LogP) is 4.01. The maximum absolute atomic E-state index is 12.9. The average molecular weight is 428 g/mol. The van der Waals surface area contributed by atoms with Gasteiger partial charge < -0.3 is 14.8 Å². The molecule has 0 radical (unpaired) electrons. The summed E-state index contributed by atoms with van der Waals surface area (Å²) in [6.45, 7) is 0. The number of amides is 1. The Balaban J connectivity index is 1.66. The SMILES string of the molecule is COc1cc(OC)cc(C(=O)Nc2cccc(N(c3ccncn3)c3ncccn3)c2)c1. The predicted molar refractivity (Wildman–Crippen MR) is 120 cm³/mol. The molecule has 0 aliphatic heterocycles. The molecule has 0 unspecified atom stereocenters. The molecule has 2 aromatic heterocycles. The van der Waals surface area contributed by atoms with Crippen molar-refractivity contribution in [2.45, 2.75) is 0 Å². The zero-order chi connectivity index (χ0) is 22.3. The van der Waals surface area contributed by atoms with E-state index in [1.807, 2.05) is 18.2 Å². The molecule has 0 spiro atoms. The van der Waals surface area contributed by atoms with Crippen LogP contribution in [0.15, 0.2) is 79.5 Å². The number of hydrogen-bond donors (Lipinski definition) is 1. The first-order valence-electron chi connectivity index (χ1n) is 9.65. The number of aromatic nitrogens is 4. The van der Waals surface area contributed by atoms with Gasteiger partial charge >= 0.3 is 0 Å². The second-order valence-corrected chi connectivity index (χ2v) is 6.56. The summed E-state index contributed by atoms with van der Waals surface area (Å²) >= 11 is 0. The summed E-state index contributed by atoms with van der Waals surface area (Å²) in [6.07, 6.45) is 6.39. The number of methoxy groups -OCH3 is 2. The van der Waals surface area contributed by atoms with Gasteiger partial charge in [0.2, 0.25) is 5.95 Å². The fourth-order valence-electron chi connectivity index (χ4n) is 3.04. The lowest BCUT2D eigenvalue weighted by atomic mass is 10.1. The Morgan fingerprint density at radius 2 is 1.62 bits per heavy atom. The highest BCUT2D eigenvalue weighted by Gasteiger charge is 2.17. The summed E-state index contributed by atoms with van der Waals surface area (Å²) in [7, 11) is 3.07. The van der Waals surface area contributed by atoms with Crippen molar-refractivity contribution in [3.63, 3.8) is 0 Å². The van der Waals surface area contributed by atoms with Gasteiger partial charge in [-0.05, 0) is 42.5 Å². The number of rotatable bonds is 7. The summed E-state index contributed by atoms with van der Waals surface area (Å²) in [5, 5.41) is 2.91. The zero-order valence-corrected chi connectivity index (χ0v) is 17.5. The van der Waals surface area contributed by atoms with Crippen molar-refractivity contribution in [3.05, 3.63) is 85.1 Å². The molecule has 160 valence electrons. The molecule has 0 aliphatic carbocycles. The minimum Gasteiger partial charge on any atom is -0.497 e. The van der Waals surface area contributed by atoms with Gasteiger partial charge in [0, 0.05) is 35.9 Å². The number of carbonyl (C=O) groups excluding carboxylic acids is 1. The van der Waals surface area contributed by atoms with Crippen LogP contribution in [-0.2, 0) is 0 Å². The minimum absolute atomic E-state index is 0.302. The summed E-state index contributed by atoms with van der Waals surface area (Å²) < 4.78 is 10.5. The molecule has 0 bridgehead atoms. The van der Waals surface area contributed by atoms with Crippen LogP contribution in [0.5, 0.6) is 11.5 Å². The van der Waals surface area contributed by atoms with E-state index in [4.69, 9.17) is 9.47 Å². The molecule has 0 saturated carbocycles. The highest BCUT2D eigenvalue weighted by atomic mass is 16.5. The number of nitrogens with one attached hydrogen (secondary N) is 1. The second-order valence-electron chi connectivity index (χ2n) is 6.56. The number of benzene rings is 2. The quantitative estimate of drug-likeness (QED) is 0.471. The molecular formula is C23H20N6O3. The minimum atomic E-state index is -0.302. The van der Waals surface area contributed by atoms with Gasteiger partial charge in [0.25, 0.3) is 5.91 Å². The highest BCUT2D eigenvalue weighted by molar-refractivity contribution is 6.05. The van der Waals surface area contributed by atoms with E-state index in [2.05, 4.69) is 25.3 Å². The first-order valence-corrected chi connectivity index (χ1v) is 9.65. The van der Waals surface area contributed by atoms with Gasteiger partial charge in [-0.3, -0.25) is 9.69 Å². The smallest absolute Gasteiger partial charge is 0.255 e. The first-order chi connectivity index (χ1) is 15.7. The lowest BCUT2D eigenvalue weighted by Gasteiger charge is -2.22. The van der Waals surface area contributed by atoms with Crippen LogP contribution in [0, 0.1) is 0 Å². The van der Waals surface area contributed by atoms with Crippen molar-refractivity contribution >= 4 is 29.0 Å². The van der Waals surface area contributed by atoms with Crippen LogP contribution in [0.4, 0.5) is 23.1 Å². The summed E-state index contributed by atoms with van der Waals surface area (Å²) in [5.74, 6) is 1.78. The van der Waals surface area contributed by atoms with Gasteiger partial charge in [-0.25, -0.2) is 19.9 Å². The molecule has 0 saturated heterocycles. The number of carbonyl (C=O) groups is 1. The van der Waals surface area contributed by atoms with Gasteiger partial charge in [0.1, 0.15) is 23.6 Å². The third-order valence-electron chi connectivity index (χ3n) is 4.52. The van der Waals surface area contributed by atoms with Crippen molar-refractivity contribution in [1.29, 1.82) is 0 Å². The topological polar surface area (TPSA) is 102 Å². The Morgan fingerprint density at radius 1 is 0.875 bits per heavy atom. The maximum atomic E-state index is 12.9. The van der Waals surface area contributed by atoms with E-state index in [0.29, 0.717) is 34.5 Å². The summed E-state index contributed by atoms with van der Waals surface area (Å²) in [5.41, 5.74) is 1.71. The molecule has 4 aromatic rings. The van der Waals surface area contributed by atoms with E-state index < -0.39 is 0 Å². The second kappa shape index (κ2) is 9.52. The fraction of sp³-hybridized carbons (Fsp3) is 0.0870. The molecule has 2 heterocycles. The summed E-state index contributed by atoms with van der Waals surface area (Å²) in [4.78, 5) is 31.7. The van der Waals surface area contributed by atoms with Gasteiger partial charge in [0.05, 0.1) is 19.9 Å². The standard InChI is InChI=1S/C23H20N6O3/c1-31-19-11-16(12-20(14-19)32-2)22(30)28-17-5-3-6-18(13-17)29(21-7-10-24-15-27-21)23-25-8-4-9-26-23/h3-15H,1-2H3,(H,28,30). The Morgan fingerprint density at radius 3 is 2.28 bits per heavy atom. The number of hydrogen-bond acceptors (Lipinski definition) is 8. The van der Waals surface area contributed by atoms with Crippen molar-refractivity contribution in [3.8, 4) is 11.5 Å². The van der Waals surface area contributed by atoms with Gasteiger partial charge in [-0.15, -0.1) is 0 Å². The van der Waals surface area contributed by atoms with E-state index >= 15 is 0 Å². The van der Waals surface area contributed by atoms with Gasteiger partial charge in [-0.1, -0.05) is 6.07 Å². The lowest BCUT2D eigenvalue weighted by molar-refractivity contribution is 0.102. The van der Waals surface area contributed by atoms with Crippen molar-refractivity contribution in [1.82, 2.24) is 19.9 Å². The molecule has 0 atom stereocenters. The van der Waals surface area contributed by atoms with Crippen LogP contribution in [0.25, 0.3) is 0 Å². The largest absolute Gasteiger partial charge is 0.497 e. The summed E-state index contributed by atoms with van der Waals surface area (Å²) in [6, 6.07) is 15.8. The third-order valence-corrected chi connectivity index (χ3v) is 4.52.